The molecule has 0 amide bonds. The molecule has 0 aliphatic carbocycles. The lowest BCUT2D eigenvalue weighted by Crippen LogP contribution is -2.09. The van der Waals surface area contributed by atoms with Gasteiger partial charge in [0.1, 0.15) is 0 Å². The maximum atomic E-state index is 10.2. The zero-order valence-corrected chi connectivity index (χ0v) is 6.20. The molecule has 1 fully saturated rings. The van der Waals surface area contributed by atoms with E-state index >= 15 is 0 Å². The first kappa shape index (κ1) is 7.54. The second-order valence-electron chi connectivity index (χ2n) is 3.06. The molecule has 1 N–H and O–H groups in total. The smallest absolute Gasteiger partial charge is 0.335 e. The highest BCUT2D eigenvalue weighted by Crippen LogP contribution is 2.28. The molecule has 1 saturated heterocycles. The summed E-state index contributed by atoms with van der Waals surface area (Å²) in [6.07, 6.45) is 0.330. The maximum absolute atomic E-state index is 10.2. The van der Waals surface area contributed by atoms with Gasteiger partial charge in [0.25, 0.3) is 0 Å². The number of carbonyl (C=O) groups is 1. The molecular weight excluding hydrogens is 132 g/mol. The number of hydrogen-bond acceptors (Lipinski definition) is 2. The van der Waals surface area contributed by atoms with Gasteiger partial charge in [-0.05, 0) is 12.3 Å². The highest BCUT2D eigenvalue weighted by molar-refractivity contribution is 5.75. The molecule has 58 valence electrons. The van der Waals surface area contributed by atoms with Gasteiger partial charge in [0.05, 0.1) is 6.10 Å². The summed E-state index contributed by atoms with van der Waals surface area (Å²) >= 11 is 0. The molecule has 0 aromatic carbocycles. The molecule has 10 heavy (non-hydrogen) atoms. The number of carboxylic acid groups (broad SMARTS) is 1. The molecule has 0 bridgehead atoms. The minimum absolute atomic E-state index is 0.0162. The highest BCUT2D eigenvalue weighted by atomic mass is 16.6. The van der Waals surface area contributed by atoms with Gasteiger partial charge in [0.15, 0.2) is 6.10 Å². The van der Waals surface area contributed by atoms with Crippen LogP contribution in [0.2, 0.25) is 0 Å². The minimum Gasteiger partial charge on any atom is -0.479 e. The van der Waals surface area contributed by atoms with Crippen molar-refractivity contribution >= 4 is 5.97 Å². The summed E-state index contributed by atoms with van der Waals surface area (Å²) < 4.78 is 4.89. The van der Waals surface area contributed by atoms with Crippen molar-refractivity contribution in [2.24, 2.45) is 5.92 Å². The van der Waals surface area contributed by atoms with Gasteiger partial charge in [-0.2, -0.15) is 0 Å². The van der Waals surface area contributed by atoms with Crippen LogP contribution in [0, 0.1) is 5.92 Å². The molecule has 1 heterocycles. The number of carboxylic acids is 1. The molecule has 1 aliphatic rings. The van der Waals surface area contributed by atoms with Gasteiger partial charge in [0.2, 0.25) is 0 Å². The molecule has 3 heteroatoms. The zero-order valence-electron chi connectivity index (χ0n) is 6.20. The van der Waals surface area contributed by atoms with E-state index in [1.54, 1.807) is 0 Å². The lowest BCUT2D eigenvalue weighted by molar-refractivity contribution is -0.138. The van der Waals surface area contributed by atoms with Gasteiger partial charge < -0.3 is 9.84 Å². The zero-order chi connectivity index (χ0) is 7.72. The van der Waals surface area contributed by atoms with Crippen LogP contribution < -0.4 is 0 Å². The van der Waals surface area contributed by atoms with Gasteiger partial charge in [0, 0.05) is 0 Å². The first-order chi connectivity index (χ1) is 4.61. The van der Waals surface area contributed by atoms with Crippen LogP contribution >= 0.6 is 0 Å². The Hall–Kier alpha value is -0.570. The Bertz CT molecular complexity index is 142. The van der Waals surface area contributed by atoms with E-state index in [-0.39, 0.29) is 6.10 Å². The fraction of sp³-hybridized carbons (Fsp3) is 0.857. The van der Waals surface area contributed by atoms with Crippen molar-refractivity contribution in [2.75, 3.05) is 0 Å². The van der Waals surface area contributed by atoms with Gasteiger partial charge in [-0.1, -0.05) is 13.8 Å². The summed E-state index contributed by atoms with van der Waals surface area (Å²) in [4.78, 5) is 10.2. The van der Waals surface area contributed by atoms with Crippen molar-refractivity contribution in [2.45, 2.75) is 32.5 Å². The van der Waals surface area contributed by atoms with Crippen LogP contribution in [0.15, 0.2) is 0 Å². The Morgan fingerprint density at radius 2 is 2.30 bits per heavy atom. The predicted molar refractivity (Wildman–Crippen MR) is 35.8 cm³/mol. The Balaban J connectivity index is 2.20. The van der Waals surface area contributed by atoms with Crippen LogP contribution in [0.3, 0.4) is 0 Å². The largest absolute Gasteiger partial charge is 0.479 e. The summed E-state index contributed by atoms with van der Waals surface area (Å²) in [5, 5.41) is 8.41. The van der Waals surface area contributed by atoms with E-state index in [9.17, 15) is 4.79 Å². The van der Waals surface area contributed by atoms with Gasteiger partial charge in [-0.25, -0.2) is 4.79 Å². The first-order valence-electron chi connectivity index (χ1n) is 3.49. The quantitative estimate of drug-likeness (QED) is 0.598. The molecule has 0 radical (unpaired) electrons. The van der Waals surface area contributed by atoms with E-state index < -0.39 is 12.1 Å². The third kappa shape index (κ3) is 1.70. The number of epoxide rings is 1. The van der Waals surface area contributed by atoms with E-state index in [2.05, 4.69) is 13.8 Å². The Labute approximate surface area is 60.0 Å². The minimum atomic E-state index is -0.828. The molecule has 0 unspecified atom stereocenters. The van der Waals surface area contributed by atoms with E-state index in [1.165, 1.54) is 0 Å². The Kier molecular flexibility index (Phi) is 1.94. The standard InChI is InChI=1S/C7H12O3/c1-4(2)3-5-6(10-5)7(8)9/h4-6H,3H2,1-2H3,(H,8,9)/t5-,6-/m1/s1. The Morgan fingerprint density at radius 3 is 2.60 bits per heavy atom. The molecule has 3 nitrogen and oxygen atoms in total. The van der Waals surface area contributed by atoms with Crippen molar-refractivity contribution in [3.05, 3.63) is 0 Å². The topological polar surface area (TPSA) is 49.8 Å². The lowest BCUT2D eigenvalue weighted by Gasteiger charge is -1.96. The first-order valence-corrected chi connectivity index (χ1v) is 3.49. The molecule has 0 aromatic rings. The monoisotopic (exact) mass is 144 g/mol. The second-order valence-corrected chi connectivity index (χ2v) is 3.06. The van der Waals surface area contributed by atoms with Gasteiger partial charge in [-0.3, -0.25) is 0 Å². The van der Waals surface area contributed by atoms with Gasteiger partial charge >= 0.3 is 5.97 Å². The molecule has 1 aliphatic heterocycles. The van der Waals surface area contributed by atoms with E-state index in [0.29, 0.717) is 5.92 Å². The van der Waals surface area contributed by atoms with Crippen molar-refractivity contribution in [1.29, 1.82) is 0 Å². The van der Waals surface area contributed by atoms with Crippen molar-refractivity contribution in [3.8, 4) is 0 Å². The summed E-state index contributed by atoms with van der Waals surface area (Å²) in [6, 6.07) is 0. The maximum Gasteiger partial charge on any atom is 0.335 e. The van der Waals surface area contributed by atoms with Gasteiger partial charge in [-0.15, -0.1) is 0 Å². The van der Waals surface area contributed by atoms with Crippen molar-refractivity contribution < 1.29 is 14.6 Å². The summed E-state index contributed by atoms with van der Waals surface area (Å²) in [5.74, 6) is -0.306. The van der Waals surface area contributed by atoms with Crippen LogP contribution in [0.25, 0.3) is 0 Å². The average molecular weight is 144 g/mol. The average Bonchev–Trinajstić information content (AvgIpc) is 2.43. The number of ether oxygens (including phenoxy) is 1. The number of rotatable bonds is 3. The van der Waals surface area contributed by atoms with Crippen molar-refractivity contribution in [3.63, 3.8) is 0 Å². The lowest BCUT2D eigenvalue weighted by atomic mass is 10.1. The molecule has 1 rings (SSSR count). The second kappa shape index (κ2) is 2.58. The third-order valence-corrected chi connectivity index (χ3v) is 1.53. The predicted octanol–water partition coefficient (Wildman–Crippen LogP) is 0.885. The van der Waals surface area contributed by atoms with Crippen LogP contribution in [0.5, 0.6) is 0 Å². The summed E-state index contributed by atoms with van der Waals surface area (Å²) in [6.45, 7) is 4.11. The summed E-state index contributed by atoms with van der Waals surface area (Å²) in [7, 11) is 0. The molecule has 0 saturated carbocycles. The van der Waals surface area contributed by atoms with Crippen LogP contribution in [0.4, 0.5) is 0 Å². The van der Waals surface area contributed by atoms with Crippen LogP contribution in [0.1, 0.15) is 20.3 Å². The number of aliphatic carboxylic acids is 1. The summed E-state index contributed by atoms with van der Waals surface area (Å²) in [5.41, 5.74) is 0. The highest BCUT2D eigenvalue weighted by Gasteiger charge is 2.44. The third-order valence-electron chi connectivity index (χ3n) is 1.53. The van der Waals surface area contributed by atoms with Crippen LogP contribution in [-0.2, 0) is 9.53 Å². The molecule has 0 spiro atoms. The SMILES string of the molecule is CC(C)C[C@H]1O[C@H]1C(=O)O. The molecule has 2 atom stereocenters. The Morgan fingerprint density at radius 1 is 1.70 bits per heavy atom. The van der Waals surface area contributed by atoms with E-state index in [1.807, 2.05) is 0 Å². The molecular formula is C7H12O3. The normalized spacial score (nSPS) is 30.7. The fourth-order valence-corrected chi connectivity index (χ4v) is 1.00. The van der Waals surface area contributed by atoms with E-state index in [4.69, 9.17) is 9.84 Å². The van der Waals surface area contributed by atoms with E-state index in [0.717, 1.165) is 6.42 Å². The fourth-order valence-electron chi connectivity index (χ4n) is 1.00. The van der Waals surface area contributed by atoms with Crippen LogP contribution in [-0.4, -0.2) is 23.3 Å². The number of hydrogen-bond donors (Lipinski definition) is 1. The molecule has 0 aromatic heterocycles. The van der Waals surface area contributed by atoms with Crippen molar-refractivity contribution in [1.82, 2.24) is 0 Å².